The van der Waals surface area contributed by atoms with E-state index in [0.29, 0.717) is 6.54 Å². The first-order valence-electron chi connectivity index (χ1n) is 6.50. The number of nitrogens with zero attached hydrogens (tertiary/aromatic N) is 6. The summed E-state index contributed by atoms with van der Waals surface area (Å²) >= 11 is 0. The highest BCUT2D eigenvalue weighted by Gasteiger charge is 2.19. The molecule has 0 unspecified atom stereocenters. The molecule has 2 aromatic rings. The van der Waals surface area contributed by atoms with Crippen molar-refractivity contribution in [1.29, 1.82) is 0 Å². The summed E-state index contributed by atoms with van der Waals surface area (Å²) in [5, 5.41) is 5.38. The quantitative estimate of drug-likeness (QED) is 0.761. The van der Waals surface area contributed by atoms with Gasteiger partial charge in [0, 0.05) is 26.2 Å². The van der Waals surface area contributed by atoms with Crippen LogP contribution in [0, 0.1) is 0 Å². The van der Waals surface area contributed by atoms with Crippen LogP contribution in [0.15, 0.2) is 25.2 Å². The molecular formula is C13H18N6. The number of anilines is 1. The third-order valence-electron chi connectivity index (χ3n) is 3.52. The van der Waals surface area contributed by atoms with Gasteiger partial charge in [-0.3, -0.25) is 0 Å². The predicted molar refractivity (Wildman–Crippen MR) is 75.2 cm³/mol. The summed E-state index contributed by atoms with van der Waals surface area (Å²) in [5.74, 6) is 0.994. The highest BCUT2D eigenvalue weighted by Crippen LogP contribution is 2.23. The summed E-state index contributed by atoms with van der Waals surface area (Å²) in [5.41, 5.74) is 0.879. The fourth-order valence-corrected chi connectivity index (χ4v) is 2.41. The highest BCUT2D eigenvalue weighted by atomic mass is 15.3. The predicted octanol–water partition coefficient (Wildman–Crippen LogP) is 0.764. The zero-order chi connectivity index (χ0) is 13.2. The van der Waals surface area contributed by atoms with E-state index in [2.05, 4.69) is 38.5 Å². The van der Waals surface area contributed by atoms with Crippen LogP contribution in [0.2, 0.25) is 0 Å². The number of likely N-dealkylation sites (N-methyl/N-ethyl adjacent to an activating group) is 1. The first-order valence-corrected chi connectivity index (χ1v) is 6.50. The van der Waals surface area contributed by atoms with Crippen molar-refractivity contribution >= 4 is 16.9 Å². The average Bonchev–Trinajstić information content (AvgIpc) is 2.84. The second-order valence-corrected chi connectivity index (χ2v) is 4.84. The lowest BCUT2D eigenvalue weighted by Crippen LogP contribution is -2.44. The molecule has 0 atom stereocenters. The Morgan fingerprint density at radius 2 is 2.05 bits per heavy atom. The third-order valence-corrected chi connectivity index (χ3v) is 3.52. The fraction of sp³-hybridized carbons (Fsp3) is 0.462. The molecule has 19 heavy (non-hydrogen) atoms. The van der Waals surface area contributed by atoms with Crippen LogP contribution in [0.3, 0.4) is 0 Å². The van der Waals surface area contributed by atoms with Crippen molar-refractivity contribution in [3.05, 3.63) is 25.2 Å². The van der Waals surface area contributed by atoms with Crippen molar-refractivity contribution in [1.82, 2.24) is 24.6 Å². The van der Waals surface area contributed by atoms with Gasteiger partial charge in [0.2, 0.25) is 0 Å². The van der Waals surface area contributed by atoms with Gasteiger partial charge in [0.15, 0.2) is 5.65 Å². The summed E-state index contributed by atoms with van der Waals surface area (Å²) in [6.07, 6.45) is 5.30. The van der Waals surface area contributed by atoms with Crippen molar-refractivity contribution in [3.63, 3.8) is 0 Å². The Kier molecular flexibility index (Phi) is 3.16. The second kappa shape index (κ2) is 4.97. The van der Waals surface area contributed by atoms with Crippen LogP contribution in [0.4, 0.5) is 5.82 Å². The molecule has 0 radical (unpaired) electrons. The van der Waals surface area contributed by atoms with Gasteiger partial charge in [0.25, 0.3) is 0 Å². The van der Waals surface area contributed by atoms with Crippen LogP contribution in [-0.2, 0) is 6.54 Å². The molecule has 3 rings (SSSR count). The lowest BCUT2D eigenvalue weighted by Gasteiger charge is -2.33. The Hall–Kier alpha value is -1.95. The molecule has 0 amide bonds. The van der Waals surface area contributed by atoms with Gasteiger partial charge in [-0.05, 0) is 7.05 Å². The van der Waals surface area contributed by atoms with Crippen molar-refractivity contribution in [2.45, 2.75) is 6.54 Å². The Labute approximate surface area is 112 Å². The number of hydrogen-bond acceptors (Lipinski definition) is 5. The van der Waals surface area contributed by atoms with Gasteiger partial charge in [-0.15, -0.1) is 6.58 Å². The van der Waals surface area contributed by atoms with E-state index in [1.54, 1.807) is 6.33 Å². The van der Waals surface area contributed by atoms with Gasteiger partial charge in [-0.1, -0.05) is 6.08 Å². The van der Waals surface area contributed by atoms with E-state index in [9.17, 15) is 0 Å². The highest BCUT2D eigenvalue weighted by molar-refractivity contribution is 5.86. The fourth-order valence-electron chi connectivity index (χ4n) is 2.41. The number of aromatic nitrogens is 4. The zero-order valence-electron chi connectivity index (χ0n) is 11.2. The molecule has 3 heterocycles. The van der Waals surface area contributed by atoms with E-state index in [0.717, 1.165) is 43.0 Å². The van der Waals surface area contributed by atoms with E-state index in [1.807, 2.05) is 17.0 Å². The van der Waals surface area contributed by atoms with Crippen LogP contribution in [0.5, 0.6) is 0 Å². The lowest BCUT2D eigenvalue weighted by molar-refractivity contribution is 0.312. The standard InChI is InChI=1S/C13H18N6/c1-3-4-19-13-11(9-16-19)12(14-10-15-13)18-7-5-17(2)6-8-18/h3,9-10H,1,4-8H2,2H3. The minimum Gasteiger partial charge on any atom is -0.353 e. The lowest BCUT2D eigenvalue weighted by atomic mass is 10.3. The van der Waals surface area contributed by atoms with Crippen LogP contribution < -0.4 is 4.90 Å². The molecule has 0 N–H and O–H groups in total. The number of piperazine rings is 1. The van der Waals surface area contributed by atoms with E-state index < -0.39 is 0 Å². The van der Waals surface area contributed by atoms with Crippen molar-refractivity contribution in [3.8, 4) is 0 Å². The largest absolute Gasteiger partial charge is 0.353 e. The maximum absolute atomic E-state index is 4.45. The summed E-state index contributed by atoms with van der Waals surface area (Å²) < 4.78 is 1.85. The van der Waals surface area contributed by atoms with Gasteiger partial charge in [0.05, 0.1) is 18.1 Å². The van der Waals surface area contributed by atoms with Gasteiger partial charge >= 0.3 is 0 Å². The monoisotopic (exact) mass is 258 g/mol. The first-order chi connectivity index (χ1) is 9.29. The van der Waals surface area contributed by atoms with Crippen LogP contribution >= 0.6 is 0 Å². The van der Waals surface area contributed by atoms with Crippen LogP contribution in [-0.4, -0.2) is 57.9 Å². The molecule has 0 aliphatic carbocycles. The normalized spacial score (nSPS) is 17.0. The maximum Gasteiger partial charge on any atom is 0.163 e. The SMILES string of the molecule is C=CCn1ncc2c(N3CCN(C)CC3)ncnc21. The topological polar surface area (TPSA) is 50.1 Å². The van der Waals surface area contributed by atoms with Gasteiger partial charge in [0.1, 0.15) is 12.1 Å². The summed E-state index contributed by atoms with van der Waals surface area (Å²) in [4.78, 5) is 13.4. The van der Waals surface area contributed by atoms with Gasteiger partial charge in [-0.25, -0.2) is 14.6 Å². The van der Waals surface area contributed by atoms with E-state index >= 15 is 0 Å². The van der Waals surface area contributed by atoms with Crippen molar-refractivity contribution in [2.75, 3.05) is 38.1 Å². The third kappa shape index (κ3) is 2.19. The summed E-state index contributed by atoms with van der Waals surface area (Å²) in [6.45, 7) is 8.53. The Balaban J connectivity index is 1.97. The molecule has 1 saturated heterocycles. The first kappa shape index (κ1) is 12.1. The molecule has 100 valence electrons. The minimum atomic E-state index is 0.669. The molecule has 1 fully saturated rings. The van der Waals surface area contributed by atoms with E-state index in [-0.39, 0.29) is 0 Å². The molecule has 6 heteroatoms. The number of fused-ring (bicyclic) bond motifs is 1. The molecule has 1 aliphatic rings. The molecular weight excluding hydrogens is 240 g/mol. The van der Waals surface area contributed by atoms with Crippen LogP contribution in [0.25, 0.3) is 11.0 Å². The van der Waals surface area contributed by atoms with Crippen LogP contribution in [0.1, 0.15) is 0 Å². The Morgan fingerprint density at radius 1 is 1.26 bits per heavy atom. The van der Waals surface area contributed by atoms with Crippen molar-refractivity contribution in [2.24, 2.45) is 0 Å². The Bertz CT molecular complexity index is 582. The maximum atomic E-state index is 4.45. The number of allylic oxidation sites excluding steroid dienone is 1. The average molecular weight is 258 g/mol. The molecule has 6 nitrogen and oxygen atoms in total. The molecule has 1 aliphatic heterocycles. The molecule has 0 saturated carbocycles. The molecule has 0 aromatic carbocycles. The van der Waals surface area contributed by atoms with Crippen molar-refractivity contribution < 1.29 is 0 Å². The number of rotatable bonds is 3. The Morgan fingerprint density at radius 3 is 2.79 bits per heavy atom. The molecule has 0 spiro atoms. The zero-order valence-corrected chi connectivity index (χ0v) is 11.2. The number of hydrogen-bond donors (Lipinski definition) is 0. The molecule has 2 aromatic heterocycles. The smallest absolute Gasteiger partial charge is 0.163 e. The second-order valence-electron chi connectivity index (χ2n) is 4.84. The van der Waals surface area contributed by atoms with Gasteiger partial charge < -0.3 is 9.80 Å². The van der Waals surface area contributed by atoms with Gasteiger partial charge in [-0.2, -0.15) is 5.10 Å². The molecule has 0 bridgehead atoms. The minimum absolute atomic E-state index is 0.669. The van der Waals surface area contributed by atoms with E-state index in [1.165, 1.54) is 0 Å². The summed E-state index contributed by atoms with van der Waals surface area (Å²) in [7, 11) is 2.15. The summed E-state index contributed by atoms with van der Waals surface area (Å²) in [6, 6.07) is 0. The van der Waals surface area contributed by atoms with E-state index in [4.69, 9.17) is 0 Å².